The highest BCUT2D eigenvalue weighted by Gasteiger charge is 2.35. The van der Waals surface area contributed by atoms with Gasteiger partial charge in [0.1, 0.15) is 11.5 Å². The second kappa shape index (κ2) is 5.37. The lowest BCUT2D eigenvalue weighted by Crippen LogP contribution is -2.52. The van der Waals surface area contributed by atoms with E-state index in [1.807, 2.05) is 0 Å². The Bertz CT molecular complexity index is 355. The molecule has 0 aromatic heterocycles. The van der Waals surface area contributed by atoms with Gasteiger partial charge in [-0.3, -0.25) is 4.79 Å². The van der Waals surface area contributed by atoms with Crippen molar-refractivity contribution in [2.45, 2.75) is 18.4 Å². The number of methoxy groups -OCH3 is 1. The van der Waals surface area contributed by atoms with E-state index in [2.05, 4.69) is 0 Å². The maximum absolute atomic E-state index is 11.9. The molecule has 0 spiro atoms. The highest BCUT2D eigenvalue weighted by Crippen LogP contribution is 2.21. The van der Waals surface area contributed by atoms with Crippen LogP contribution in [0.1, 0.15) is 6.92 Å². The highest BCUT2D eigenvalue weighted by atomic mass is 32.2. The van der Waals surface area contributed by atoms with Crippen LogP contribution in [0, 0.1) is 0 Å². The lowest BCUT2D eigenvalue weighted by molar-refractivity contribution is -0.141. The second-order valence-electron chi connectivity index (χ2n) is 3.77. The minimum atomic E-state index is -3.23. The smallest absolute Gasteiger partial charge is 0.252 e. The van der Waals surface area contributed by atoms with E-state index in [0.717, 1.165) is 5.75 Å². The van der Waals surface area contributed by atoms with Crippen LogP contribution < -0.4 is 0 Å². The van der Waals surface area contributed by atoms with Crippen molar-refractivity contribution in [3.63, 3.8) is 0 Å². The molecule has 7 heteroatoms. The first-order chi connectivity index (χ1) is 7.38. The predicted molar refractivity (Wildman–Crippen MR) is 64.1 cm³/mol. The molecule has 0 radical (unpaired) electrons. The molecule has 1 aliphatic rings. The van der Waals surface area contributed by atoms with Crippen LogP contribution in [0.2, 0.25) is 0 Å². The van der Waals surface area contributed by atoms with E-state index in [-0.39, 0.29) is 5.91 Å². The zero-order chi connectivity index (χ0) is 12.3. The van der Waals surface area contributed by atoms with Crippen LogP contribution in [0.3, 0.4) is 0 Å². The lowest BCUT2D eigenvalue weighted by atomic mass is 10.3. The molecular formula is C9H17NO4S2. The van der Waals surface area contributed by atoms with E-state index in [0.29, 0.717) is 12.3 Å². The van der Waals surface area contributed by atoms with Crippen LogP contribution in [0.4, 0.5) is 0 Å². The Kier molecular flexibility index (Phi) is 4.63. The molecule has 16 heavy (non-hydrogen) atoms. The van der Waals surface area contributed by atoms with Crippen LogP contribution in [0.15, 0.2) is 0 Å². The van der Waals surface area contributed by atoms with Gasteiger partial charge in [0.15, 0.2) is 9.84 Å². The number of amides is 1. The van der Waals surface area contributed by atoms with E-state index in [1.165, 1.54) is 18.3 Å². The Morgan fingerprint density at radius 3 is 2.69 bits per heavy atom. The van der Waals surface area contributed by atoms with Crippen LogP contribution in [-0.4, -0.2) is 62.1 Å². The molecule has 1 aliphatic heterocycles. The number of carbonyl (C=O) groups excluding carboxylic acids is 1. The van der Waals surface area contributed by atoms with Gasteiger partial charge in [0, 0.05) is 31.4 Å². The number of rotatable bonds is 3. The third kappa shape index (κ3) is 3.11. The first kappa shape index (κ1) is 13.8. The Morgan fingerprint density at radius 1 is 1.56 bits per heavy atom. The Morgan fingerprint density at radius 2 is 2.19 bits per heavy atom. The summed E-state index contributed by atoms with van der Waals surface area (Å²) in [6, 6.07) is 0. The number of sulfone groups is 1. The Labute approximate surface area is 100 Å². The van der Waals surface area contributed by atoms with E-state index in [4.69, 9.17) is 4.74 Å². The maximum Gasteiger partial charge on any atom is 0.252 e. The summed E-state index contributed by atoms with van der Waals surface area (Å²) in [6.07, 6.45) is 0.578. The van der Waals surface area contributed by atoms with Crippen LogP contribution in [-0.2, 0) is 19.4 Å². The quantitative estimate of drug-likeness (QED) is 0.718. The summed E-state index contributed by atoms with van der Waals surface area (Å²) in [4.78, 5) is 13.3. The van der Waals surface area contributed by atoms with Crippen LogP contribution in [0.5, 0.6) is 0 Å². The van der Waals surface area contributed by atoms with Crippen molar-refractivity contribution in [1.29, 1.82) is 0 Å². The number of carbonyl (C=O) groups is 1. The molecule has 0 aliphatic carbocycles. The molecule has 1 fully saturated rings. The normalized spacial score (nSPS) is 24.2. The van der Waals surface area contributed by atoms with Gasteiger partial charge in [-0.1, -0.05) is 0 Å². The molecule has 1 amide bonds. The molecule has 94 valence electrons. The van der Waals surface area contributed by atoms with Crippen molar-refractivity contribution >= 4 is 27.5 Å². The fourth-order valence-corrected chi connectivity index (χ4v) is 4.35. The molecule has 0 saturated carbocycles. The van der Waals surface area contributed by atoms with Crippen molar-refractivity contribution in [2.24, 2.45) is 0 Å². The topological polar surface area (TPSA) is 63.7 Å². The summed E-state index contributed by atoms with van der Waals surface area (Å²) in [5.41, 5.74) is 0. The Balaban J connectivity index is 2.87. The molecular weight excluding hydrogens is 250 g/mol. The van der Waals surface area contributed by atoms with Crippen molar-refractivity contribution in [3.8, 4) is 0 Å². The number of hydrogen-bond acceptors (Lipinski definition) is 5. The molecule has 1 heterocycles. The summed E-state index contributed by atoms with van der Waals surface area (Å²) < 4.78 is 28.1. The maximum atomic E-state index is 11.9. The average Bonchev–Trinajstić information content (AvgIpc) is 2.26. The predicted octanol–water partition coefficient (Wildman–Crippen LogP) is -0.0326. The molecule has 2 unspecified atom stereocenters. The second-order valence-corrected chi connectivity index (χ2v) is 7.12. The monoisotopic (exact) mass is 267 g/mol. The minimum Gasteiger partial charge on any atom is -0.372 e. The zero-order valence-corrected chi connectivity index (χ0v) is 11.3. The van der Waals surface area contributed by atoms with Gasteiger partial charge in [0.25, 0.3) is 5.91 Å². The van der Waals surface area contributed by atoms with Gasteiger partial charge in [-0.05, 0) is 6.92 Å². The summed E-state index contributed by atoms with van der Waals surface area (Å²) in [7, 11) is -1.79. The Hall–Kier alpha value is -0.270. The van der Waals surface area contributed by atoms with E-state index < -0.39 is 21.3 Å². The minimum absolute atomic E-state index is 0.252. The molecule has 0 aromatic carbocycles. The molecule has 0 aromatic rings. The molecule has 2 atom stereocenters. The average molecular weight is 267 g/mol. The SMILES string of the molecule is COC(C)C(=O)N1CCSCC1S(C)(=O)=O. The fourth-order valence-electron chi connectivity index (χ4n) is 1.52. The van der Waals surface area contributed by atoms with Crippen molar-refractivity contribution in [3.05, 3.63) is 0 Å². The number of nitrogens with zero attached hydrogens (tertiary/aromatic N) is 1. The molecule has 5 nitrogen and oxygen atoms in total. The first-order valence-electron chi connectivity index (χ1n) is 4.98. The van der Waals surface area contributed by atoms with Crippen LogP contribution >= 0.6 is 11.8 Å². The third-order valence-corrected chi connectivity index (χ3v) is 5.21. The standard InChI is InChI=1S/C9H17NO4S2/c1-7(14-2)9(11)10-4-5-15-6-8(10)16(3,12)13/h7-8H,4-6H2,1-3H3. The van der Waals surface area contributed by atoms with E-state index in [9.17, 15) is 13.2 Å². The summed E-state index contributed by atoms with van der Waals surface area (Å²) >= 11 is 1.56. The molecule has 0 bridgehead atoms. The summed E-state index contributed by atoms with van der Waals surface area (Å²) in [5, 5.41) is -0.712. The molecule has 1 rings (SSSR count). The van der Waals surface area contributed by atoms with Crippen molar-refractivity contribution < 1.29 is 17.9 Å². The largest absolute Gasteiger partial charge is 0.372 e. The number of ether oxygens (including phenoxy) is 1. The van der Waals surface area contributed by atoms with Gasteiger partial charge >= 0.3 is 0 Å². The van der Waals surface area contributed by atoms with E-state index >= 15 is 0 Å². The summed E-state index contributed by atoms with van der Waals surface area (Å²) in [6.45, 7) is 2.10. The number of hydrogen-bond donors (Lipinski definition) is 0. The third-order valence-electron chi connectivity index (χ3n) is 2.56. The summed E-state index contributed by atoms with van der Waals surface area (Å²) in [5.74, 6) is 0.966. The number of thioether (sulfide) groups is 1. The van der Waals surface area contributed by atoms with Gasteiger partial charge in [-0.25, -0.2) is 8.42 Å². The fraction of sp³-hybridized carbons (Fsp3) is 0.889. The zero-order valence-electron chi connectivity index (χ0n) is 9.67. The molecule has 1 saturated heterocycles. The van der Waals surface area contributed by atoms with Gasteiger partial charge in [-0.2, -0.15) is 11.8 Å². The van der Waals surface area contributed by atoms with Crippen molar-refractivity contribution in [2.75, 3.05) is 31.4 Å². The van der Waals surface area contributed by atoms with Gasteiger partial charge < -0.3 is 9.64 Å². The molecule has 0 N–H and O–H groups in total. The lowest BCUT2D eigenvalue weighted by Gasteiger charge is -2.35. The highest BCUT2D eigenvalue weighted by molar-refractivity contribution is 8.00. The van der Waals surface area contributed by atoms with Gasteiger partial charge in [0.05, 0.1) is 0 Å². The van der Waals surface area contributed by atoms with E-state index in [1.54, 1.807) is 18.7 Å². The first-order valence-corrected chi connectivity index (χ1v) is 8.08. The van der Waals surface area contributed by atoms with Gasteiger partial charge in [-0.15, -0.1) is 0 Å². The van der Waals surface area contributed by atoms with Gasteiger partial charge in [0.2, 0.25) is 0 Å². The van der Waals surface area contributed by atoms with Crippen LogP contribution in [0.25, 0.3) is 0 Å². The van der Waals surface area contributed by atoms with Crippen molar-refractivity contribution in [1.82, 2.24) is 4.90 Å².